The summed E-state index contributed by atoms with van der Waals surface area (Å²) >= 11 is 3.48. The maximum absolute atomic E-state index is 6.03. The molecule has 15 heavy (non-hydrogen) atoms. The molecule has 1 aromatic rings. The van der Waals surface area contributed by atoms with Crippen LogP contribution >= 0.6 is 15.9 Å². The van der Waals surface area contributed by atoms with Gasteiger partial charge in [-0.05, 0) is 31.5 Å². The van der Waals surface area contributed by atoms with E-state index in [0.717, 1.165) is 17.6 Å². The summed E-state index contributed by atoms with van der Waals surface area (Å²) in [4.78, 5) is 0. The van der Waals surface area contributed by atoms with E-state index in [1.54, 1.807) is 0 Å². The Labute approximate surface area is 99.1 Å². The number of morpholine rings is 1. The minimum atomic E-state index is -0.0781. The first kappa shape index (κ1) is 11.1. The molecule has 0 bridgehead atoms. The van der Waals surface area contributed by atoms with Gasteiger partial charge in [0.1, 0.15) is 0 Å². The van der Waals surface area contributed by atoms with Crippen LogP contribution in [0.1, 0.15) is 25.5 Å². The van der Waals surface area contributed by atoms with Gasteiger partial charge in [0.2, 0.25) is 0 Å². The van der Waals surface area contributed by atoms with Crippen LogP contribution in [0.5, 0.6) is 0 Å². The van der Waals surface area contributed by atoms with Crippen molar-refractivity contribution < 1.29 is 4.74 Å². The second kappa shape index (κ2) is 4.24. The van der Waals surface area contributed by atoms with Gasteiger partial charge in [0.25, 0.3) is 0 Å². The van der Waals surface area contributed by atoms with Crippen LogP contribution in [0.25, 0.3) is 0 Å². The van der Waals surface area contributed by atoms with Gasteiger partial charge in [-0.2, -0.15) is 0 Å². The van der Waals surface area contributed by atoms with Gasteiger partial charge < -0.3 is 10.1 Å². The highest BCUT2D eigenvalue weighted by Gasteiger charge is 2.29. The van der Waals surface area contributed by atoms with E-state index in [9.17, 15) is 0 Å². The van der Waals surface area contributed by atoms with Crippen LogP contribution in [0, 0.1) is 0 Å². The minimum Gasteiger partial charge on any atom is -0.365 e. The van der Waals surface area contributed by atoms with Crippen molar-refractivity contribution in [3.05, 3.63) is 34.3 Å². The fourth-order valence-corrected chi connectivity index (χ4v) is 2.28. The van der Waals surface area contributed by atoms with Gasteiger partial charge >= 0.3 is 0 Å². The smallest absolute Gasteiger partial charge is 0.0957 e. The monoisotopic (exact) mass is 269 g/mol. The lowest BCUT2D eigenvalue weighted by Gasteiger charge is -2.36. The zero-order valence-electron chi connectivity index (χ0n) is 9.09. The van der Waals surface area contributed by atoms with Crippen LogP contribution in [-0.2, 0) is 4.74 Å². The third kappa shape index (κ3) is 2.80. The molecule has 82 valence electrons. The van der Waals surface area contributed by atoms with Gasteiger partial charge in [0.15, 0.2) is 0 Å². The quantitative estimate of drug-likeness (QED) is 0.847. The molecule has 1 unspecified atom stereocenters. The fraction of sp³-hybridized carbons (Fsp3) is 0.500. The average Bonchev–Trinajstić information content (AvgIpc) is 2.16. The highest BCUT2D eigenvalue weighted by Crippen LogP contribution is 2.28. The first-order chi connectivity index (χ1) is 7.07. The highest BCUT2D eigenvalue weighted by molar-refractivity contribution is 9.10. The topological polar surface area (TPSA) is 21.3 Å². The summed E-state index contributed by atoms with van der Waals surface area (Å²) in [6.45, 7) is 6.03. The molecule has 3 heteroatoms. The van der Waals surface area contributed by atoms with Crippen molar-refractivity contribution >= 4 is 15.9 Å². The molecular weight excluding hydrogens is 254 g/mol. The van der Waals surface area contributed by atoms with Crippen molar-refractivity contribution in [1.29, 1.82) is 0 Å². The van der Waals surface area contributed by atoms with Gasteiger partial charge in [-0.15, -0.1) is 0 Å². The summed E-state index contributed by atoms with van der Waals surface area (Å²) in [5.41, 5.74) is 1.15. The van der Waals surface area contributed by atoms with E-state index in [1.807, 2.05) is 12.1 Å². The van der Waals surface area contributed by atoms with Crippen molar-refractivity contribution in [1.82, 2.24) is 5.32 Å². The van der Waals surface area contributed by atoms with Crippen molar-refractivity contribution in [2.24, 2.45) is 0 Å². The zero-order valence-corrected chi connectivity index (χ0v) is 10.7. The molecule has 2 rings (SSSR count). The summed E-state index contributed by atoms with van der Waals surface area (Å²) in [6.07, 6.45) is 0.159. The molecule has 1 aromatic carbocycles. The summed E-state index contributed by atoms with van der Waals surface area (Å²) in [7, 11) is 0. The van der Waals surface area contributed by atoms with Crippen LogP contribution in [0.15, 0.2) is 28.7 Å². The molecular formula is C12H16BrNO. The molecule has 0 spiro atoms. The zero-order chi connectivity index (χ0) is 10.9. The maximum Gasteiger partial charge on any atom is 0.0957 e. The van der Waals surface area contributed by atoms with E-state index in [1.165, 1.54) is 5.56 Å². The van der Waals surface area contributed by atoms with E-state index in [2.05, 4.69) is 47.2 Å². The van der Waals surface area contributed by atoms with Crippen LogP contribution in [0.2, 0.25) is 0 Å². The predicted octanol–water partition coefficient (Wildman–Crippen LogP) is 2.89. The Bertz CT molecular complexity index is 351. The number of hydrogen-bond acceptors (Lipinski definition) is 2. The predicted molar refractivity (Wildman–Crippen MR) is 64.9 cm³/mol. The molecule has 1 aliphatic heterocycles. The Hall–Kier alpha value is -0.380. The SMILES string of the molecule is CC1(C)CNCC(c2cccc(Br)c2)O1. The van der Waals surface area contributed by atoms with E-state index in [-0.39, 0.29) is 11.7 Å². The molecule has 1 atom stereocenters. The normalized spacial score (nSPS) is 25.1. The van der Waals surface area contributed by atoms with Crippen LogP contribution in [0.3, 0.4) is 0 Å². The lowest BCUT2D eigenvalue weighted by molar-refractivity contribution is -0.0958. The number of nitrogens with one attached hydrogen (secondary N) is 1. The first-order valence-electron chi connectivity index (χ1n) is 5.21. The second-order valence-electron chi connectivity index (χ2n) is 4.55. The Morgan fingerprint density at radius 3 is 2.93 bits per heavy atom. The molecule has 0 amide bonds. The van der Waals surface area contributed by atoms with Crippen LogP contribution in [-0.4, -0.2) is 18.7 Å². The molecule has 1 aliphatic rings. The molecule has 1 heterocycles. The summed E-state index contributed by atoms with van der Waals surface area (Å²) in [5, 5.41) is 3.40. The highest BCUT2D eigenvalue weighted by atomic mass is 79.9. The number of halogens is 1. The Morgan fingerprint density at radius 2 is 2.27 bits per heavy atom. The molecule has 0 aromatic heterocycles. The van der Waals surface area contributed by atoms with Gasteiger partial charge in [-0.3, -0.25) is 0 Å². The van der Waals surface area contributed by atoms with Crippen LogP contribution in [0.4, 0.5) is 0 Å². The third-order valence-electron chi connectivity index (χ3n) is 2.56. The molecule has 0 aliphatic carbocycles. The lowest BCUT2D eigenvalue weighted by atomic mass is 10.0. The largest absolute Gasteiger partial charge is 0.365 e. The molecule has 2 nitrogen and oxygen atoms in total. The van der Waals surface area contributed by atoms with Crippen LogP contribution < -0.4 is 5.32 Å². The lowest BCUT2D eigenvalue weighted by Crippen LogP contribution is -2.46. The van der Waals surface area contributed by atoms with E-state index >= 15 is 0 Å². The molecule has 0 saturated carbocycles. The Morgan fingerprint density at radius 1 is 1.47 bits per heavy atom. The average molecular weight is 270 g/mol. The molecule has 1 saturated heterocycles. The number of hydrogen-bond donors (Lipinski definition) is 1. The Balaban J connectivity index is 2.17. The Kier molecular flexibility index (Phi) is 3.14. The van der Waals surface area contributed by atoms with Crippen molar-refractivity contribution in [3.8, 4) is 0 Å². The van der Waals surface area contributed by atoms with Gasteiger partial charge in [0.05, 0.1) is 11.7 Å². The second-order valence-corrected chi connectivity index (χ2v) is 5.47. The maximum atomic E-state index is 6.03. The summed E-state index contributed by atoms with van der Waals surface area (Å²) in [5.74, 6) is 0. The molecule has 1 N–H and O–H groups in total. The molecule has 1 fully saturated rings. The number of benzene rings is 1. The summed E-state index contributed by atoms with van der Waals surface area (Å²) in [6, 6.07) is 8.31. The van der Waals surface area contributed by atoms with Crippen molar-refractivity contribution in [3.63, 3.8) is 0 Å². The fourth-order valence-electron chi connectivity index (χ4n) is 1.87. The van der Waals surface area contributed by atoms with Gasteiger partial charge in [0, 0.05) is 17.6 Å². The van der Waals surface area contributed by atoms with E-state index in [4.69, 9.17) is 4.74 Å². The van der Waals surface area contributed by atoms with E-state index in [0.29, 0.717) is 0 Å². The number of ether oxygens (including phenoxy) is 1. The minimum absolute atomic E-state index is 0.0781. The number of rotatable bonds is 1. The van der Waals surface area contributed by atoms with Gasteiger partial charge in [-0.1, -0.05) is 28.1 Å². The third-order valence-corrected chi connectivity index (χ3v) is 3.06. The van der Waals surface area contributed by atoms with E-state index < -0.39 is 0 Å². The summed E-state index contributed by atoms with van der Waals surface area (Å²) < 4.78 is 7.14. The standard InChI is InChI=1S/C12H16BrNO/c1-12(2)8-14-7-11(15-12)9-4-3-5-10(13)6-9/h3-6,11,14H,7-8H2,1-2H3. The van der Waals surface area contributed by atoms with Crippen molar-refractivity contribution in [2.75, 3.05) is 13.1 Å². The van der Waals surface area contributed by atoms with Crippen molar-refractivity contribution in [2.45, 2.75) is 25.6 Å². The molecule has 0 radical (unpaired) electrons. The van der Waals surface area contributed by atoms with Gasteiger partial charge in [-0.25, -0.2) is 0 Å². The first-order valence-corrected chi connectivity index (χ1v) is 6.00.